The summed E-state index contributed by atoms with van der Waals surface area (Å²) in [7, 11) is 0. The van der Waals surface area contributed by atoms with Crippen LogP contribution in [0.15, 0.2) is 20.3 Å². The van der Waals surface area contributed by atoms with Crippen molar-refractivity contribution in [3.8, 4) is 0 Å². The molecule has 2 aliphatic rings. The van der Waals surface area contributed by atoms with Gasteiger partial charge in [-0.3, -0.25) is 14.5 Å². The van der Waals surface area contributed by atoms with E-state index in [0.29, 0.717) is 36.6 Å². The Morgan fingerprint density at radius 2 is 2.00 bits per heavy atom. The van der Waals surface area contributed by atoms with E-state index in [-0.39, 0.29) is 11.7 Å². The van der Waals surface area contributed by atoms with Crippen molar-refractivity contribution in [3.63, 3.8) is 0 Å². The molecule has 26 heavy (non-hydrogen) atoms. The fraction of sp³-hybridized carbons (Fsp3) is 0.474. The number of halogens is 1. The average molecular weight is 437 g/mol. The van der Waals surface area contributed by atoms with E-state index in [2.05, 4.69) is 33.0 Å². The van der Waals surface area contributed by atoms with Crippen LogP contribution < -0.4 is 0 Å². The van der Waals surface area contributed by atoms with E-state index in [0.717, 1.165) is 41.8 Å². The van der Waals surface area contributed by atoms with E-state index < -0.39 is 0 Å². The highest BCUT2D eigenvalue weighted by Gasteiger charge is 2.32. The molecule has 2 aromatic rings. The van der Waals surface area contributed by atoms with Gasteiger partial charge in [0.2, 0.25) is 0 Å². The summed E-state index contributed by atoms with van der Waals surface area (Å²) < 4.78 is 6.96. The monoisotopic (exact) mass is 436 g/mol. The number of fused-ring (bicyclic) bond motifs is 1. The molecule has 5 nitrogen and oxygen atoms in total. The molecule has 1 fully saturated rings. The number of amides is 1. The largest absolute Gasteiger partial charge is 0.455 e. The maximum atomic E-state index is 12.9. The normalized spacial score (nSPS) is 18.2. The predicted octanol–water partition coefficient (Wildman–Crippen LogP) is 3.89. The van der Waals surface area contributed by atoms with Crippen LogP contribution in [0.5, 0.6) is 0 Å². The number of hydrogen-bond donors (Lipinski definition) is 0. The van der Waals surface area contributed by atoms with Crippen LogP contribution in [-0.4, -0.2) is 47.7 Å². The molecule has 0 spiro atoms. The minimum atomic E-state index is -0.0804. The molecule has 1 saturated heterocycles. The van der Waals surface area contributed by atoms with Crippen LogP contribution in [0.3, 0.4) is 0 Å². The standard InChI is InChI=1S/C19H21BrN2O3S/c1-12-17-14(23)3-2-4-15(17)25-18(12)19(24)22-9-7-21(8-10-22)11-13-5-6-16(20)26-13/h5-6H,2-4,7-11H2,1H3. The number of Topliss-reactive ketones (excluding diaryl/α,β-unsaturated/α-hetero) is 1. The number of nitrogens with zero attached hydrogens (tertiary/aromatic N) is 2. The second-order valence-electron chi connectivity index (χ2n) is 6.91. The van der Waals surface area contributed by atoms with Crippen molar-refractivity contribution in [2.24, 2.45) is 0 Å². The van der Waals surface area contributed by atoms with Gasteiger partial charge < -0.3 is 9.32 Å². The quantitative estimate of drug-likeness (QED) is 0.731. The summed E-state index contributed by atoms with van der Waals surface area (Å²) in [5.74, 6) is 1.09. The smallest absolute Gasteiger partial charge is 0.289 e. The van der Waals surface area contributed by atoms with Crippen LogP contribution in [0, 0.1) is 6.92 Å². The number of thiophene rings is 1. The third-order valence-electron chi connectivity index (χ3n) is 5.17. The van der Waals surface area contributed by atoms with Gasteiger partial charge in [0.15, 0.2) is 11.5 Å². The Balaban J connectivity index is 1.42. The van der Waals surface area contributed by atoms with Crippen LogP contribution in [0.4, 0.5) is 0 Å². The second-order valence-corrected chi connectivity index (χ2v) is 9.45. The van der Waals surface area contributed by atoms with E-state index in [1.165, 1.54) is 4.88 Å². The molecule has 0 bridgehead atoms. The molecule has 3 heterocycles. The Hall–Kier alpha value is -1.44. The van der Waals surface area contributed by atoms with Crippen molar-refractivity contribution >= 4 is 39.0 Å². The first-order valence-corrected chi connectivity index (χ1v) is 10.5. The minimum absolute atomic E-state index is 0.0804. The van der Waals surface area contributed by atoms with Gasteiger partial charge in [0.25, 0.3) is 5.91 Å². The zero-order valence-corrected chi connectivity index (χ0v) is 17.1. The molecule has 7 heteroatoms. The third kappa shape index (κ3) is 3.40. The zero-order chi connectivity index (χ0) is 18.3. The zero-order valence-electron chi connectivity index (χ0n) is 14.7. The maximum Gasteiger partial charge on any atom is 0.289 e. The highest BCUT2D eigenvalue weighted by atomic mass is 79.9. The lowest BCUT2D eigenvalue weighted by Crippen LogP contribution is -2.48. The lowest BCUT2D eigenvalue weighted by Gasteiger charge is -2.34. The third-order valence-corrected chi connectivity index (χ3v) is 6.78. The molecule has 0 unspecified atom stereocenters. The molecular weight excluding hydrogens is 416 g/mol. The first kappa shape index (κ1) is 17.9. The van der Waals surface area contributed by atoms with Gasteiger partial charge in [0.05, 0.1) is 9.35 Å². The summed E-state index contributed by atoms with van der Waals surface area (Å²) in [5.41, 5.74) is 1.38. The molecule has 138 valence electrons. The van der Waals surface area contributed by atoms with Gasteiger partial charge >= 0.3 is 0 Å². The Bertz CT molecular complexity index is 849. The van der Waals surface area contributed by atoms with Crippen LogP contribution >= 0.6 is 27.3 Å². The fourth-order valence-corrected chi connectivity index (χ4v) is 5.29. The topological polar surface area (TPSA) is 53.8 Å². The lowest BCUT2D eigenvalue weighted by atomic mass is 9.94. The molecule has 0 N–H and O–H groups in total. The number of carbonyl (C=O) groups is 2. The van der Waals surface area contributed by atoms with Gasteiger partial charge in [-0.25, -0.2) is 0 Å². The summed E-state index contributed by atoms with van der Waals surface area (Å²) >= 11 is 5.25. The molecule has 0 radical (unpaired) electrons. The Morgan fingerprint density at radius 1 is 1.23 bits per heavy atom. The van der Waals surface area contributed by atoms with Gasteiger partial charge in [0, 0.05) is 56.0 Å². The van der Waals surface area contributed by atoms with Crippen LogP contribution in [0.1, 0.15) is 50.0 Å². The highest BCUT2D eigenvalue weighted by Crippen LogP contribution is 2.30. The molecule has 0 saturated carbocycles. The minimum Gasteiger partial charge on any atom is -0.455 e. The molecule has 1 aliphatic heterocycles. The van der Waals surface area contributed by atoms with E-state index in [4.69, 9.17) is 4.42 Å². The van der Waals surface area contributed by atoms with Crippen molar-refractivity contribution in [3.05, 3.63) is 43.4 Å². The number of rotatable bonds is 3. The number of furan rings is 1. The van der Waals surface area contributed by atoms with Crippen molar-refractivity contribution in [2.75, 3.05) is 26.2 Å². The van der Waals surface area contributed by atoms with Crippen molar-refractivity contribution in [1.29, 1.82) is 0 Å². The van der Waals surface area contributed by atoms with E-state index in [9.17, 15) is 9.59 Å². The van der Waals surface area contributed by atoms with Crippen molar-refractivity contribution < 1.29 is 14.0 Å². The van der Waals surface area contributed by atoms with E-state index in [1.54, 1.807) is 11.3 Å². The van der Waals surface area contributed by atoms with Crippen LogP contribution in [0.2, 0.25) is 0 Å². The van der Waals surface area contributed by atoms with Gasteiger partial charge in [-0.1, -0.05) is 0 Å². The number of aryl methyl sites for hydroxylation is 1. The van der Waals surface area contributed by atoms with Gasteiger partial charge in [0.1, 0.15) is 5.76 Å². The van der Waals surface area contributed by atoms with Crippen LogP contribution in [0.25, 0.3) is 0 Å². The van der Waals surface area contributed by atoms with Crippen molar-refractivity contribution in [1.82, 2.24) is 9.80 Å². The van der Waals surface area contributed by atoms with Crippen molar-refractivity contribution in [2.45, 2.75) is 32.7 Å². The fourth-order valence-electron chi connectivity index (χ4n) is 3.76. The van der Waals surface area contributed by atoms with Crippen LogP contribution in [-0.2, 0) is 13.0 Å². The van der Waals surface area contributed by atoms with E-state index in [1.807, 2.05) is 11.8 Å². The summed E-state index contributed by atoms with van der Waals surface area (Å²) in [5, 5.41) is 0. The summed E-state index contributed by atoms with van der Waals surface area (Å²) in [4.78, 5) is 30.6. The average Bonchev–Trinajstić information content (AvgIpc) is 3.19. The molecule has 0 atom stereocenters. The Labute approximate surface area is 165 Å². The Kier molecular flexibility index (Phi) is 5.03. The molecule has 0 aromatic carbocycles. The first-order valence-electron chi connectivity index (χ1n) is 8.94. The summed E-state index contributed by atoms with van der Waals surface area (Å²) in [6, 6.07) is 4.21. The first-order chi connectivity index (χ1) is 12.5. The number of hydrogen-bond acceptors (Lipinski definition) is 5. The van der Waals surface area contributed by atoms with E-state index >= 15 is 0 Å². The SMILES string of the molecule is Cc1c(C(=O)N2CCN(Cc3ccc(Br)s3)CC2)oc2c1C(=O)CCC2. The van der Waals surface area contributed by atoms with Gasteiger partial charge in [-0.05, 0) is 41.4 Å². The molecular formula is C19H21BrN2O3S. The molecule has 1 aliphatic carbocycles. The molecule has 2 aromatic heterocycles. The number of piperazine rings is 1. The maximum absolute atomic E-state index is 12.9. The number of carbonyl (C=O) groups excluding carboxylic acids is 2. The summed E-state index contributed by atoms with van der Waals surface area (Å²) in [6.45, 7) is 5.82. The molecule has 4 rings (SSSR count). The summed E-state index contributed by atoms with van der Waals surface area (Å²) in [6.07, 6.45) is 2.11. The van der Waals surface area contributed by atoms with Gasteiger partial charge in [-0.15, -0.1) is 11.3 Å². The number of ketones is 1. The molecule has 1 amide bonds. The van der Waals surface area contributed by atoms with Gasteiger partial charge in [-0.2, -0.15) is 0 Å². The Morgan fingerprint density at radius 3 is 2.65 bits per heavy atom. The lowest BCUT2D eigenvalue weighted by molar-refractivity contribution is 0.0596. The second kappa shape index (κ2) is 7.29. The predicted molar refractivity (Wildman–Crippen MR) is 104 cm³/mol. The highest BCUT2D eigenvalue weighted by molar-refractivity contribution is 9.11.